The van der Waals surface area contributed by atoms with Crippen LogP contribution in [0.2, 0.25) is 0 Å². The van der Waals surface area contributed by atoms with Gasteiger partial charge in [-0.1, -0.05) is 29.8 Å². The van der Waals surface area contributed by atoms with E-state index in [4.69, 9.17) is 4.74 Å². The van der Waals surface area contributed by atoms with Gasteiger partial charge in [0.15, 0.2) is 6.10 Å². The van der Waals surface area contributed by atoms with Gasteiger partial charge in [-0.05, 0) is 58.2 Å². The molecule has 1 atom stereocenters. The zero-order valence-corrected chi connectivity index (χ0v) is 15.8. The Morgan fingerprint density at radius 2 is 1.81 bits per heavy atom. The normalized spacial score (nSPS) is 15.2. The second-order valence-corrected chi connectivity index (χ2v) is 7.07. The third kappa shape index (κ3) is 3.96. The Balaban J connectivity index is 1.63. The fourth-order valence-corrected chi connectivity index (χ4v) is 3.24. The Bertz CT molecular complexity index is 854. The molecule has 1 fully saturated rings. The number of hydrogen-bond acceptors (Lipinski definition) is 3. The first-order chi connectivity index (χ1) is 12.4. The number of aryl methyl sites for hydroxylation is 2. The molecule has 3 rings (SSSR count). The van der Waals surface area contributed by atoms with Crippen molar-refractivity contribution in [3.63, 3.8) is 0 Å². The van der Waals surface area contributed by atoms with Crippen molar-refractivity contribution < 1.29 is 14.3 Å². The van der Waals surface area contributed by atoms with Crippen molar-refractivity contribution in [1.29, 1.82) is 0 Å². The zero-order chi connectivity index (χ0) is 18.8. The number of ether oxygens (including phenoxy) is 1. The number of benzene rings is 1. The minimum atomic E-state index is -0.811. The van der Waals surface area contributed by atoms with Gasteiger partial charge in [0.2, 0.25) is 5.78 Å². The van der Waals surface area contributed by atoms with Gasteiger partial charge >= 0.3 is 5.97 Å². The molecule has 0 saturated heterocycles. The number of aromatic nitrogens is 1. The van der Waals surface area contributed by atoms with Crippen LogP contribution in [-0.4, -0.2) is 22.4 Å². The first-order valence-corrected chi connectivity index (χ1v) is 9.05. The molecule has 136 valence electrons. The molecular formula is C22H25NO3. The number of hydrogen-bond donors (Lipinski definition) is 0. The number of nitrogens with zero attached hydrogens (tertiary/aromatic N) is 1. The number of carbonyl (C=O) groups is 2. The molecular weight excluding hydrogens is 326 g/mol. The Hall–Kier alpha value is -2.62. The van der Waals surface area contributed by atoms with E-state index in [1.807, 2.05) is 19.1 Å². The molecule has 0 spiro atoms. The van der Waals surface area contributed by atoms with Crippen molar-refractivity contribution in [2.45, 2.75) is 52.7 Å². The van der Waals surface area contributed by atoms with E-state index in [9.17, 15) is 9.59 Å². The number of carbonyl (C=O) groups excluding carboxylic acids is 2. The summed E-state index contributed by atoms with van der Waals surface area (Å²) < 4.78 is 7.60. The van der Waals surface area contributed by atoms with E-state index >= 15 is 0 Å². The standard InChI is InChI=1S/C22H25NO3/c1-14-5-7-18(8-6-14)22(25)17(4)26-21(24)12-9-19-13-15(2)23(16(19)3)20-10-11-20/h5-9,12-13,17,20H,10-11H2,1-4H3/b12-9+/t17-/m1/s1. The molecule has 0 amide bonds. The van der Waals surface area contributed by atoms with E-state index in [1.54, 1.807) is 25.1 Å². The number of rotatable bonds is 6. The summed E-state index contributed by atoms with van der Waals surface area (Å²) >= 11 is 0. The molecule has 0 unspecified atom stereocenters. The molecule has 0 bridgehead atoms. The van der Waals surface area contributed by atoms with Crippen LogP contribution in [0.25, 0.3) is 6.08 Å². The number of esters is 1. The summed E-state index contributed by atoms with van der Waals surface area (Å²) in [4.78, 5) is 24.4. The molecule has 2 aromatic rings. The highest BCUT2D eigenvalue weighted by Crippen LogP contribution is 2.38. The summed E-state index contributed by atoms with van der Waals surface area (Å²) in [5, 5.41) is 0. The average Bonchev–Trinajstić information content (AvgIpc) is 3.39. The lowest BCUT2D eigenvalue weighted by Gasteiger charge is -2.11. The van der Waals surface area contributed by atoms with Crippen LogP contribution >= 0.6 is 0 Å². The van der Waals surface area contributed by atoms with Crippen LogP contribution in [0.3, 0.4) is 0 Å². The van der Waals surface area contributed by atoms with Crippen LogP contribution in [0.4, 0.5) is 0 Å². The number of ketones is 1. The van der Waals surface area contributed by atoms with Gasteiger partial charge in [-0.15, -0.1) is 0 Å². The first kappa shape index (κ1) is 18.2. The predicted octanol–water partition coefficient (Wildman–Crippen LogP) is 4.58. The lowest BCUT2D eigenvalue weighted by atomic mass is 10.1. The molecule has 26 heavy (non-hydrogen) atoms. The molecule has 1 aromatic carbocycles. The maximum atomic E-state index is 12.3. The average molecular weight is 351 g/mol. The highest BCUT2D eigenvalue weighted by atomic mass is 16.5. The fraction of sp³-hybridized carbons (Fsp3) is 0.364. The minimum absolute atomic E-state index is 0.196. The molecule has 0 N–H and O–H groups in total. The predicted molar refractivity (Wildman–Crippen MR) is 102 cm³/mol. The van der Waals surface area contributed by atoms with Gasteiger partial charge in [-0.25, -0.2) is 4.79 Å². The Morgan fingerprint density at radius 3 is 2.42 bits per heavy atom. The van der Waals surface area contributed by atoms with Crippen LogP contribution in [0.1, 0.15) is 58.7 Å². The Kier molecular flexibility index (Phi) is 5.12. The third-order valence-corrected chi connectivity index (χ3v) is 4.83. The van der Waals surface area contributed by atoms with Crippen LogP contribution < -0.4 is 0 Å². The Morgan fingerprint density at radius 1 is 1.15 bits per heavy atom. The molecule has 1 aromatic heterocycles. The highest BCUT2D eigenvalue weighted by Gasteiger charge is 2.26. The topological polar surface area (TPSA) is 48.3 Å². The lowest BCUT2D eigenvalue weighted by Crippen LogP contribution is -2.23. The van der Waals surface area contributed by atoms with Gasteiger partial charge < -0.3 is 9.30 Å². The largest absolute Gasteiger partial charge is 0.451 e. The van der Waals surface area contributed by atoms with E-state index in [0.717, 1.165) is 16.8 Å². The maximum Gasteiger partial charge on any atom is 0.331 e. The van der Waals surface area contributed by atoms with E-state index in [1.165, 1.54) is 24.6 Å². The summed E-state index contributed by atoms with van der Waals surface area (Å²) in [6.45, 7) is 7.72. The monoisotopic (exact) mass is 351 g/mol. The molecule has 1 heterocycles. The second kappa shape index (κ2) is 7.32. The Labute approximate surface area is 154 Å². The van der Waals surface area contributed by atoms with Crippen molar-refractivity contribution >= 4 is 17.8 Å². The molecule has 0 aliphatic heterocycles. The maximum absolute atomic E-state index is 12.3. The summed E-state index contributed by atoms with van der Waals surface area (Å²) in [5.41, 5.74) is 5.02. The summed E-state index contributed by atoms with van der Waals surface area (Å²) in [7, 11) is 0. The van der Waals surface area contributed by atoms with Gasteiger partial charge in [0.1, 0.15) is 0 Å². The van der Waals surface area contributed by atoms with E-state index < -0.39 is 12.1 Å². The van der Waals surface area contributed by atoms with Crippen molar-refractivity contribution in [3.05, 3.63) is 64.5 Å². The van der Waals surface area contributed by atoms with Crippen molar-refractivity contribution in [2.24, 2.45) is 0 Å². The molecule has 4 heteroatoms. The van der Waals surface area contributed by atoms with Crippen LogP contribution in [0.15, 0.2) is 36.4 Å². The second-order valence-electron chi connectivity index (χ2n) is 7.07. The van der Waals surface area contributed by atoms with E-state index in [-0.39, 0.29) is 5.78 Å². The van der Waals surface area contributed by atoms with Crippen molar-refractivity contribution in [2.75, 3.05) is 0 Å². The number of Topliss-reactive ketones (excluding diaryl/α,β-unsaturated/α-hetero) is 1. The van der Waals surface area contributed by atoms with Gasteiger partial charge in [0.05, 0.1) is 0 Å². The summed E-state index contributed by atoms with van der Waals surface area (Å²) in [6.07, 6.45) is 4.80. The zero-order valence-electron chi connectivity index (χ0n) is 15.8. The summed E-state index contributed by atoms with van der Waals surface area (Å²) in [5.74, 6) is -0.701. The lowest BCUT2D eigenvalue weighted by molar-refractivity contribution is -0.140. The quantitative estimate of drug-likeness (QED) is 0.435. The SMILES string of the molecule is Cc1ccc(C(=O)[C@@H](C)OC(=O)/C=C/c2cc(C)n(C3CC3)c2C)cc1. The minimum Gasteiger partial charge on any atom is -0.451 e. The van der Waals surface area contributed by atoms with Crippen LogP contribution in [0.5, 0.6) is 0 Å². The molecule has 1 aliphatic rings. The van der Waals surface area contributed by atoms with Crippen LogP contribution in [0, 0.1) is 20.8 Å². The van der Waals surface area contributed by atoms with Gasteiger partial charge in [-0.3, -0.25) is 4.79 Å². The smallest absolute Gasteiger partial charge is 0.331 e. The molecule has 0 radical (unpaired) electrons. The highest BCUT2D eigenvalue weighted by molar-refractivity contribution is 6.01. The van der Waals surface area contributed by atoms with Gasteiger partial charge in [0, 0.05) is 29.1 Å². The van der Waals surface area contributed by atoms with Gasteiger partial charge in [-0.2, -0.15) is 0 Å². The van der Waals surface area contributed by atoms with E-state index in [0.29, 0.717) is 11.6 Å². The molecule has 4 nitrogen and oxygen atoms in total. The first-order valence-electron chi connectivity index (χ1n) is 9.05. The molecule has 1 saturated carbocycles. The molecule has 1 aliphatic carbocycles. The van der Waals surface area contributed by atoms with Crippen LogP contribution in [-0.2, 0) is 9.53 Å². The third-order valence-electron chi connectivity index (χ3n) is 4.83. The summed E-state index contributed by atoms with van der Waals surface area (Å²) in [6, 6.07) is 9.94. The van der Waals surface area contributed by atoms with Gasteiger partial charge in [0.25, 0.3) is 0 Å². The van der Waals surface area contributed by atoms with E-state index in [2.05, 4.69) is 24.5 Å². The van der Waals surface area contributed by atoms with Crippen molar-refractivity contribution in [3.8, 4) is 0 Å². The van der Waals surface area contributed by atoms with Crippen molar-refractivity contribution in [1.82, 2.24) is 4.57 Å². The fourth-order valence-electron chi connectivity index (χ4n) is 3.24.